The first-order chi connectivity index (χ1) is 19.0. The van der Waals surface area contributed by atoms with Gasteiger partial charge in [0.25, 0.3) is 0 Å². The maximum absolute atomic E-state index is 14.3. The first-order valence-electron chi connectivity index (χ1n) is 13.3. The van der Waals surface area contributed by atoms with Gasteiger partial charge in [-0.1, -0.05) is 92.7 Å². The molecule has 1 heterocycles. The van der Waals surface area contributed by atoms with E-state index < -0.39 is 57.4 Å². The van der Waals surface area contributed by atoms with Crippen LogP contribution >= 0.6 is 23.2 Å². The summed E-state index contributed by atoms with van der Waals surface area (Å²) in [6.45, 7) is 4.93. The third-order valence-electron chi connectivity index (χ3n) is 8.49. The number of carbonyl (C=O) groups excluding carboxylic acids is 4. The molecule has 0 aromatic heterocycles. The molecular formula is C32H27Cl2NO5. The van der Waals surface area contributed by atoms with Gasteiger partial charge in [0, 0.05) is 5.56 Å². The number of likely N-dealkylation sites (tertiary alicyclic amines) is 1. The number of hydrogen-bond acceptors (Lipinski definition) is 5. The molecule has 3 aliphatic carbocycles. The van der Waals surface area contributed by atoms with Crippen molar-refractivity contribution in [2.24, 2.45) is 17.8 Å². The number of nitrogens with zero attached hydrogens (tertiary/aromatic N) is 1. The SMILES string of the molecule is CC(C)[C@@H](C(=O)O[C@H](C)C(=O)c1ccccc1)N1C(=O)[C@@H]2[C@H](C1=O)C1(Cl)c3ccccc3C2(Cl)c2ccccc21. The monoisotopic (exact) mass is 575 g/mol. The van der Waals surface area contributed by atoms with Crippen molar-refractivity contribution in [2.45, 2.75) is 42.7 Å². The number of halogens is 2. The van der Waals surface area contributed by atoms with Crippen molar-refractivity contribution in [2.75, 3.05) is 0 Å². The summed E-state index contributed by atoms with van der Waals surface area (Å²) in [5.41, 5.74) is 3.12. The number of amides is 2. The summed E-state index contributed by atoms with van der Waals surface area (Å²) >= 11 is 15.0. The topological polar surface area (TPSA) is 80.8 Å². The fraction of sp³-hybridized carbons (Fsp3) is 0.312. The van der Waals surface area contributed by atoms with Crippen molar-refractivity contribution in [3.8, 4) is 0 Å². The third-order valence-corrected chi connectivity index (χ3v) is 9.78. The highest BCUT2D eigenvalue weighted by atomic mass is 35.5. The summed E-state index contributed by atoms with van der Waals surface area (Å²) in [4.78, 5) is 53.4. The number of hydrogen-bond donors (Lipinski definition) is 0. The Bertz CT molecular complexity index is 1450. The maximum Gasteiger partial charge on any atom is 0.330 e. The smallest absolute Gasteiger partial charge is 0.330 e. The molecule has 3 aromatic carbocycles. The van der Waals surface area contributed by atoms with E-state index in [4.69, 9.17) is 27.9 Å². The molecule has 0 unspecified atom stereocenters. The summed E-state index contributed by atoms with van der Waals surface area (Å²) in [6.07, 6.45) is -1.12. The lowest BCUT2D eigenvalue weighted by molar-refractivity contribution is -0.162. The van der Waals surface area contributed by atoms with Gasteiger partial charge in [0.15, 0.2) is 6.10 Å². The number of esters is 1. The van der Waals surface area contributed by atoms with Crippen LogP contribution in [0.5, 0.6) is 0 Å². The molecular weight excluding hydrogens is 549 g/mol. The van der Waals surface area contributed by atoms with Crippen molar-refractivity contribution in [1.29, 1.82) is 0 Å². The summed E-state index contributed by atoms with van der Waals surface area (Å²) in [5, 5.41) is 0. The number of benzene rings is 3. The van der Waals surface area contributed by atoms with Gasteiger partial charge >= 0.3 is 5.97 Å². The number of rotatable bonds is 6. The Balaban J connectivity index is 1.41. The lowest BCUT2D eigenvalue weighted by Gasteiger charge is -2.54. The minimum absolute atomic E-state index is 0.382. The molecule has 2 amide bonds. The molecule has 0 spiro atoms. The first kappa shape index (κ1) is 26.7. The second kappa shape index (κ2) is 9.28. The molecule has 4 aliphatic rings. The van der Waals surface area contributed by atoms with E-state index in [0.29, 0.717) is 27.8 Å². The van der Waals surface area contributed by atoms with E-state index in [9.17, 15) is 19.2 Å². The lowest BCUT2D eigenvalue weighted by Crippen LogP contribution is -2.57. The molecule has 40 heavy (non-hydrogen) atoms. The fourth-order valence-corrected chi connectivity index (χ4v) is 7.87. The zero-order valence-corrected chi connectivity index (χ0v) is 23.6. The molecule has 0 radical (unpaired) electrons. The summed E-state index contributed by atoms with van der Waals surface area (Å²) in [5.74, 6) is -4.91. The van der Waals surface area contributed by atoms with E-state index in [0.717, 1.165) is 4.90 Å². The summed E-state index contributed by atoms with van der Waals surface area (Å²) < 4.78 is 5.60. The highest BCUT2D eigenvalue weighted by Crippen LogP contribution is 2.69. The molecule has 1 aliphatic heterocycles. The van der Waals surface area contributed by atoms with Gasteiger partial charge in [-0.15, -0.1) is 23.2 Å². The molecule has 6 nitrogen and oxygen atoms in total. The molecule has 4 atom stereocenters. The fourth-order valence-electron chi connectivity index (χ4n) is 6.77. The van der Waals surface area contributed by atoms with Crippen molar-refractivity contribution < 1.29 is 23.9 Å². The van der Waals surface area contributed by atoms with Crippen LogP contribution in [-0.2, 0) is 28.9 Å². The Morgan fingerprint density at radius 3 is 1.52 bits per heavy atom. The van der Waals surface area contributed by atoms with Gasteiger partial charge in [0.1, 0.15) is 15.8 Å². The predicted octanol–water partition coefficient (Wildman–Crippen LogP) is 5.42. The molecule has 8 heteroatoms. The number of ether oxygens (including phenoxy) is 1. The lowest BCUT2D eigenvalue weighted by atomic mass is 9.54. The number of ketones is 1. The molecule has 7 rings (SSSR count). The zero-order chi connectivity index (χ0) is 28.6. The second-order valence-electron chi connectivity index (χ2n) is 11.0. The van der Waals surface area contributed by atoms with Crippen LogP contribution in [0.25, 0.3) is 0 Å². The first-order valence-corrected chi connectivity index (χ1v) is 14.0. The van der Waals surface area contributed by atoms with Crippen LogP contribution < -0.4 is 0 Å². The van der Waals surface area contributed by atoms with E-state index in [-0.39, 0.29) is 5.78 Å². The Morgan fingerprint density at radius 2 is 1.12 bits per heavy atom. The molecule has 0 N–H and O–H groups in total. The van der Waals surface area contributed by atoms with Crippen LogP contribution in [0.1, 0.15) is 53.4 Å². The third kappa shape index (κ3) is 3.42. The molecule has 2 bridgehead atoms. The number of carbonyl (C=O) groups is 4. The quantitative estimate of drug-likeness (QED) is 0.170. The Labute approximate surface area is 242 Å². The van der Waals surface area contributed by atoms with E-state index in [1.165, 1.54) is 6.92 Å². The minimum Gasteiger partial charge on any atom is -0.453 e. The Hall–Kier alpha value is -3.48. The highest BCUT2D eigenvalue weighted by molar-refractivity contribution is 6.36. The average molecular weight is 576 g/mol. The van der Waals surface area contributed by atoms with Crippen LogP contribution in [0.2, 0.25) is 0 Å². The standard InChI is InChI=1S/C32H27Cl2NO5/c1-17(2)26(30(39)40-18(3)27(36)19-11-5-4-6-12-19)35-28(37)24-25(29(35)38)32(34)21-14-8-7-13-20(21)31(24,33)22-15-9-10-16-23(22)32/h4-18,24-26H,1-3H3/t18-,24-,25+,26+,31?,32?/m1/s1. The summed E-state index contributed by atoms with van der Waals surface area (Å²) in [6, 6.07) is 21.9. The summed E-state index contributed by atoms with van der Waals surface area (Å²) in [7, 11) is 0. The molecule has 204 valence electrons. The number of Topliss-reactive ketones (excluding diaryl/α,β-unsaturated/α-hetero) is 1. The maximum atomic E-state index is 14.3. The van der Waals surface area contributed by atoms with Crippen LogP contribution in [0.4, 0.5) is 0 Å². The van der Waals surface area contributed by atoms with Gasteiger partial charge in [0.2, 0.25) is 17.6 Å². The molecule has 1 saturated heterocycles. The normalized spacial score (nSPS) is 27.6. The van der Waals surface area contributed by atoms with Crippen LogP contribution in [0.15, 0.2) is 78.9 Å². The minimum atomic E-state index is -1.35. The molecule has 0 saturated carbocycles. The van der Waals surface area contributed by atoms with Crippen LogP contribution in [0, 0.1) is 17.8 Å². The van der Waals surface area contributed by atoms with Gasteiger partial charge in [-0.05, 0) is 35.1 Å². The van der Waals surface area contributed by atoms with Gasteiger partial charge in [-0.2, -0.15) is 0 Å². The zero-order valence-electron chi connectivity index (χ0n) is 22.1. The van der Waals surface area contributed by atoms with E-state index in [1.807, 2.05) is 48.5 Å². The van der Waals surface area contributed by atoms with Crippen LogP contribution in [0.3, 0.4) is 0 Å². The largest absolute Gasteiger partial charge is 0.453 e. The predicted molar refractivity (Wildman–Crippen MR) is 150 cm³/mol. The average Bonchev–Trinajstić information content (AvgIpc) is 3.22. The molecule has 3 aromatic rings. The Morgan fingerprint density at radius 1 is 0.725 bits per heavy atom. The Kier molecular flexibility index (Phi) is 6.20. The van der Waals surface area contributed by atoms with Crippen molar-refractivity contribution in [1.82, 2.24) is 4.90 Å². The van der Waals surface area contributed by atoms with E-state index >= 15 is 0 Å². The highest BCUT2D eigenvalue weighted by Gasteiger charge is 2.74. The number of alkyl halides is 2. The van der Waals surface area contributed by atoms with Gasteiger partial charge < -0.3 is 4.74 Å². The van der Waals surface area contributed by atoms with Crippen molar-refractivity contribution in [3.63, 3.8) is 0 Å². The van der Waals surface area contributed by atoms with Gasteiger partial charge in [0.05, 0.1) is 11.8 Å². The molecule has 1 fully saturated rings. The second-order valence-corrected chi connectivity index (χ2v) is 12.2. The van der Waals surface area contributed by atoms with Gasteiger partial charge in [-0.25, -0.2) is 4.79 Å². The van der Waals surface area contributed by atoms with Gasteiger partial charge in [-0.3, -0.25) is 19.3 Å². The van der Waals surface area contributed by atoms with Crippen LogP contribution in [-0.4, -0.2) is 40.6 Å². The van der Waals surface area contributed by atoms with Crippen molar-refractivity contribution in [3.05, 3.63) is 107 Å². The number of imide groups is 1. The van der Waals surface area contributed by atoms with Crippen molar-refractivity contribution >= 4 is 46.8 Å². The van der Waals surface area contributed by atoms with E-state index in [1.54, 1.807) is 44.2 Å². The van der Waals surface area contributed by atoms with E-state index in [2.05, 4.69) is 0 Å².